The van der Waals surface area contributed by atoms with Gasteiger partial charge in [0, 0.05) is 11.9 Å². The molecule has 0 fully saturated rings. The molecule has 1 aliphatic rings. The van der Waals surface area contributed by atoms with Crippen LogP contribution in [0.25, 0.3) is 6.08 Å². The number of aliphatic imine (C=N–C) groups is 1. The summed E-state index contributed by atoms with van der Waals surface area (Å²) in [6, 6.07) is 7.19. The number of carbonyl (C=O) groups excluding carboxylic acids is 2. The van der Waals surface area contributed by atoms with Crippen LogP contribution in [0, 0.1) is 0 Å². The Morgan fingerprint density at radius 1 is 1.44 bits per heavy atom. The lowest BCUT2D eigenvalue weighted by Gasteiger charge is -1.99. The Bertz CT molecular complexity index is 581. The van der Waals surface area contributed by atoms with Crippen LogP contribution in [0.4, 0.5) is 0 Å². The van der Waals surface area contributed by atoms with Crippen molar-refractivity contribution in [3.63, 3.8) is 0 Å². The first-order valence-electron chi connectivity index (χ1n) is 5.11. The van der Waals surface area contributed by atoms with Gasteiger partial charge in [-0.15, -0.1) is 0 Å². The predicted molar refractivity (Wildman–Crippen MR) is 73.3 cm³/mol. The number of rotatable bonds is 1. The number of hydrogen-bond acceptors (Lipinski definition) is 3. The smallest absolute Gasteiger partial charge is 0.286 e. The van der Waals surface area contributed by atoms with Crippen molar-refractivity contribution in [1.29, 1.82) is 0 Å². The number of amidine groups is 1. The summed E-state index contributed by atoms with van der Waals surface area (Å²) in [6.45, 7) is 1.36. The Hall–Kier alpha value is -1.59. The summed E-state index contributed by atoms with van der Waals surface area (Å²) >= 11 is 7.12. The molecule has 1 aromatic carbocycles. The molecule has 4 nitrogen and oxygen atoms in total. The van der Waals surface area contributed by atoms with Crippen LogP contribution in [0.5, 0.6) is 0 Å². The average Bonchev–Trinajstić information content (AvgIpc) is 2.61. The van der Waals surface area contributed by atoms with Gasteiger partial charge < -0.3 is 5.32 Å². The minimum absolute atomic E-state index is 0.256. The highest BCUT2D eigenvalue weighted by Gasteiger charge is 2.22. The van der Waals surface area contributed by atoms with Crippen LogP contribution in [0.15, 0.2) is 34.2 Å². The molecule has 1 heterocycles. The normalized spacial score (nSPS) is 16.9. The molecule has 0 radical (unpaired) electrons. The Labute approximate surface area is 113 Å². The molecule has 6 heteroatoms. The van der Waals surface area contributed by atoms with Gasteiger partial charge in [-0.2, -0.15) is 4.99 Å². The molecule has 1 N–H and O–H groups in total. The highest BCUT2D eigenvalue weighted by atomic mass is 35.5. The number of halogens is 1. The summed E-state index contributed by atoms with van der Waals surface area (Å²) in [5, 5.41) is 3.34. The second-order valence-corrected chi connectivity index (χ2v) is 4.97. The first-order chi connectivity index (χ1) is 8.56. The Kier molecular flexibility index (Phi) is 3.84. The van der Waals surface area contributed by atoms with Crippen molar-refractivity contribution < 1.29 is 9.59 Å². The molecule has 1 aliphatic heterocycles. The van der Waals surface area contributed by atoms with Crippen LogP contribution in [0.3, 0.4) is 0 Å². The second-order valence-electron chi connectivity index (χ2n) is 3.54. The lowest BCUT2D eigenvalue weighted by Crippen LogP contribution is -2.23. The lowest BCUT2D eigenvalue weighted by molar-refractivity contribution is -0.117. The van der Waals surface area contributed by atoms with E-state index in [9.17, 15) is 9.59 Å². The first kappa shape index (κ1) is 12.9. The third-order valence-corrected chi connectivity index (χ3v) is 3.34. The zero-order chi connectivity index (χ0) is 13.1. The Morgan fingerprint density at radius 2 is 2.17 bits per heavy atom. The van der Waals surface area contributed by atoms with E-state index < -0.39 is 0 Å². The van der Waals surface area contributed by atoms with E-state index in [1.807, 2.05) is 12.1 Å². The fourth-order valence-corrected chi connectivity index (χ4v) is 2.39. The van der Waals surface area contributed by atoms with E-state index in [1.165, 1.54) is 6.92 Å². The van der Waals surface area contributed by atoms with Gasteiger partial charge in [0.2, 0.25) is 5.91 Å². The number of amides is 2. The molecule has 0 unspecified atom stereocenters. The fraction of sp³-hybridized carbons (Fsp3) is 0.0833. The summed E-state index contributed by atoms with van der Waals surface area (Å²) in [5.74, 6) is -0.628. The molecule has 0 atom stereocenters. The highest BCUT2D eigenvalue weighted by molar-refractivity contribution is 8.18. The van der Waals surface area contributed by atoms with Crippen LogP contribution in [-0.4, -0.2) is 17.0 Å². The van der Waals surface area contributed by atoms with E-state index in [0.717, 1.165) is 17.3 Å². The standard InChI is InChI=1S/C12H9ClN2O2S/c1-7(16)14-12-15-11(17)10(18-12)6-8-4-2-3-5-9(8)13/h2-6H,1H3,(H,14,15,16,17). The maximum Gasteiger partial charge on any atom is 0.286 e. The van der Waals surface area contributed by atoms with Gasteiger partial charge >= 0.3 is 0 Å². The van der Waals surface area contributed by atoms with Crippen molar-refractivity contribution in [3.8, 4) is 0 Å². The third kappa shape index (κ3) is 3.00. The SMILES string of the molecule is CC(=O)NC1=NC(=O)C(=Cc2ccccc2Cl)S1. The molecule has 0 spiro atoms. The molecule has 0 saturated carbocycles. The number of benzene rings is 1. The minimum atomic E-state index is -0.372. The predicted octanol–water partition coefficient (Wildman–Crippen LogP) is 2.45. The molecule has 1 aromatic rings. The molecule has 0 aromatic heterocycles. The largest absolute Gasteiger partial charge is 0.305 e. The van der Waals surface area contributed by atoms with Gasteiger partial charge in [-0.25, -0.2) is 0 Å². The third-order valence-electron chi connectivity index (χ3n) is 2.10. The average molecular weight is 281 g/mol. The molecule has 2 amide bonds. The monoisotopic (exact) mass is 280 g/mol. The van der Waals surface area contributed by atoms with Crippen molar-refractivity contribution in [3.05, 3.63) is 39.8 Å². The summed E-state index contributed by atoms with van der Waals surface area (Å²) < 4.78 is 0. The van der Waals surface area contributed by atoms with Crippen molar-refractivity contribution >= 4 is 46.4 Å². The summed E-state index contributed by atoms with van der Waals surface area (Å²) in [4.78, 5) is 26.6. The maximum atomic E-state index is 11.6. The zero-order valence-electron chi connectivity index (χ0n) is 9.44. The van der Waals surface area contributed by atoms with Crippen LogP contribution in [-0.2, 0) is 9.59 Å². The van der Waals surface area contributed by atoms with E-state index in [1.54, 1.807) is 18.2 Å². The van der Waals surface area contributed by atoms with Crippen LogP contribution in [0.1, 0.15) is 12.5 Å². The van der Waals surface area contributed by atoms with Crippen molar-refractivity contribution in [2.75, 3.05) is 0 Å². The van der Waals surface area contributed by atoms with Crippen LogP contribution < -0.4 is 5.32 Å². The van der Waals surface area contributed by atoms with Gasteiger partial charge in [-0.1, -0.05) is 29.8 Å². The lowest BCUT2D eigenvalue weighted by atomic mass is 10.2. The van der Waals surface area contributed by atoms with Gasteiger partial charge in [0.15, 0.2) is 5.17 Å². The van der Waals surface area contributed by atoms with Crippen LogP contribution >= 0.6 is 23.4 Å². The van der Waals surface area contributed by atoms with E-state index in [-0.39, 0.29) is 11.8 Å². The molecule has 18 heavy (non-hydrogen) atoms. The minimum Gasteiger partial charge on any atom is -0.305 e. The molecular formula is C12H9ClN2O2S. The Balaban J connectivity index is 2.20. The molecular weight excluding hydrogens is 272 g/mol. The molecule has 0 bridgehead atoms. The molecule has 0 saturated heterocycles. The van der Waals surface area contributed by atoms with E-state index in [2.05, 4.69) is 10.3 Å². The summed E-state index contributed by atoms with van der Waals surface area (Å²) in [7, 11) is 0. The van der Waals surface area contributed by atoms with E-state index in [4.69, 9.17) is 11.6 Å². The molecule has 2 rings (SSSR count). The summed E-state index contributed by atoms with van der Waals surface area (Å²) in [5.41, 5.74) is 0.745. The highest BCUT2D eigenvalue weighted by Crippen LogP contribution is 2.29. The first-order valence-corrected chi connectivity index (χ1v) is 6.30. The van der Waals surface area contributed by atoms with Gasteiger partial charge in [-0.05, 0) is 29.5 Å². The number of carbonyl (C=O) groups is 2. The molecule has 92 valence electrons. The van der Waals surface area contributed by atoms with E-state index in [0.29, 0.717) is 15.1 Å². The Morgan fingerprint density at radius 3 is 2.83 bits per heavy atom. The molecule has 0 aliphatic carbocycles. The van der Waals surface area contributed by atoms with E-state index >= 15 is 0 Å². The van der Waals surface area contributed by atoms with Gasteiger partial charge in [0.25, 0.3) is 5.91 Å². The van der Waals surface area contributed by atoms with Crippen LogP contribution in [0.2, 0.25) is 5.02 Å². The number of hydrogen-bond donors (Lipinski definition) is 1. The number of nitrogens with zero attached hydrogens (tertiary/aromatic N) is 1. The van der Waals surface area contributed by atoms with Gasteiger partial charge in [-0.3, -0.25) is 9.59 Å². The number of thioether (sulfide) groups is 1. The summed E-state index contributed by atoms with van der Waals surface area (Å²) in [6.07, 6.45) is 1.66. The topological polar surface area (TPSA) is 58.5 Å². The second kappa shape index (κ2) is 5.37. The van der Waals surface area contributed by atoms with Gasteiger partial charge in [0.1, 0.15) is 0 Å². The van der Waals surface area contributed by atoms with Crippen molar-refractivity contribution in [2.24, 2.45) is 4.99 Å². The maximum absolute atomic E-state index is 11.6. The quantitative estimate of drug-likeness (QED) is 0.804. The van der Waals surface area contributed by atoms with Crippen molar-refractivity contribution in [1.82, 2.24) is 5.32 Å². The zero-order valence-corrected chi connectivity index (χ0v) is 11.0. The number of nitrogens with one attached hydrogen (secondary N) is 1. The van der Waals surface area contributed by atoms with Gasteiger partial charge in [0.05, 0.1) is 4.91 Å². The fourth-order valence-electron chi connectivity index (χ4n) is 1.35. The van der Waals surface area contributed by atoms with Crippen molar-refractivity contribution in [2.45, 2.75) is 6.92 Å².